The number of allylic oxidation sites excluding steroid dienone is 3. The highest BCUT2D eigenvalue weighted by molar-refractivity contribution is 6.05. The van der Waals surface area contributed by atoms with E-state index in [1.165, 1.54) is 18.2 Å². The maximum atomic E-state index is 15.8. The van der Waals surface area contributed by atoms with Gasteiger partial charge < -0.3 is 35.8 Å². The number of rotatable bonds is 31. The molecule has 0 saturated carbocycles. The van der Waals surface area contributed by atoms with E-state index in [0.29, 0.717) is 118 Å². The van der Waals surface area contributed by atoms with Gasteiger partial charge in [0.2, 0.25) is 11.8 Å². The van der Waals surface area contributed by atoms with E-state index in [1.54, 1.807) is 31.9 Å². The van der Waals surface area contributed by atoms with Crippen molar-refractivity contribution in [2.75, 3.05) is 33.4 Å². The number of fused-ring (bicyclic) bond motifs is 6. The van der Waals surface area contributed by atoms with Gasteiger partial charge in [0, 0.05) is 99.6 Å². The summed E-state index contributed by atoms with van der Waals surface area (Å²) in [4.78, 5) is 137. The molecule has 2 aromatic carbocycles. The van der Waals surface area contributed by atoms with E-state index in [9.17, 15) is 48.3 Å². The molecule has 2 bridgehead atoms. The summed E-state index contributed by atoms with van der Waals surface area (Å²) in [6, 6.07) is 9.22. The van der Waals surface area contributed by atoms with Gasteiger partial charge in [-0.15, -0.1) is 0 Å². The van der Waals surface area contributed by atoms with Crippen LogP contribution in [0.4, 0.5) is 4.39 Å². The molecule has 5 N–H and O–H groups in total. The second kappa shape index (κ2) is 30.6. The van der Waals surface area contributed by atoms with Crippen LogP contribution < -0.4 is 16.4 Å². The molecule has 5 aliphatic rings. The molecular weight excluding hydrogens is 1110 g/mol. The van der Waals surface area contributed by atoms with Crippen molar-refractivity contribution in [2.24, 2.45) is 17.6 Å². The van der Waals surface area contributed by atoms with E-state index in [-0.39, 0.29) is 147 Å². The molecule has 87 heavy (non-hydrogen) atoms. The molecular formula is C68H84FN5O13. The molecule has 3 aromatic rings. The van der Waals surface area contributed by atoms with Gasteiger partial charge in [-0.1, -0.05) is 50.1 Å². The van der Waals surface area contributed by atoms with Gasteiger partial charge in [-0.3, -0.25) is 43.2 Å². The topological polar surface area (TPSA) is 276 Å². The van der Waals surface area contributed by atoms with Crippen LogP contribution >= 0.6 is 0 Å². The number of ether oxygens (including phenoxy) is 2. The number of nitrogens with two attached hydrogens (primary N) is 1. The van der Waals surface area contributed by atoms with Gasteiger partial charge in [0.05, 0.1) is 29.8 Å². The lowest BCUT2D eigenvalue weighted by Crippen LogP contribution is -2.47. The predicted molar refractivity (Wildman–Crippen MR) is 323 cm³/mol. The van der Waals surface area contributed by atoms with Crippen LogP contribution in [0.15, 0.2) is 65.8 Å². The Morgan fingerprint density at radius 2 is 1.54 bits per heavy atom. The molecule has 0 spiro atoms. The zero-order valence-electron chi connectivity index (χ0n) is 50.6. The van der Waals surface area contributed by atoms with Crippen LogP contribution in [0.5, 0.6) is 0 Å². The molecule has 1 aromatic heterocycles. The monoisotopic (exact) mass is 1200 g/mol. The Bertz CT molecular complexity index is 3240. The highest BCUT2D eigenvalue weighted by Gasteiger charge is 2.48. The molecule has 4 aliphatic carbocycles. The Morgan fingerprint density at radius 3 is 2.29 bits per heavy atom. The van der Waals surface area contributed by atoms with Gasteiger partial charge in [0.25, 0.3) is 5.91 Å². The van der Waals surface area contributed by atoms with Crippen LogP contribution in [-0.4, -0.2) is 118 Å². The lowest BCUT2D eigenvalue weighted by molar-refractivity contribution is -0.163. The number of pyridine rings is 1. The lowest BCUT2D eigenvalue weighted by atomic mass is 9.77. The number of nitrogens with zero attached hydrogens (tertiary/aromatic N) is 2. The fraction of sp³-hybridized carbons (Fsp3) is 0.544. The summed E-state index contributed by atoms with van der Waals surface area (Å²) in [5.41, 5.74) is 9.55. The minimum atomic E-state index is -2.03. The van der Waals surface area contributed by atoms with Gasteiger partial charge in [-0.2, -0.15) is 0 Å². The standard InChI is InChI=1S/C68H84FN5O13/c1-4-68(85)52-36-44-26-27-45(64(82)51(52)40-87-67(68)84)35-50-62-56(32-31-49-41(2)53(69)37-54(61(49)62)73-63(44)50)74(3)66(83)65(43-18-8-5-9-19-43)86-34-16-15-21-46(75)20-11-13-23-58(79)55(38-70)72-60(81)25-14-12-22-48(77)39-71-59(80)24-10-6-7-17-42-28-29-47(76)30-33-57(42)78/h5,8-9,18-19,30,33,36-37,42,45,55-56,65,85H,4,6-7,10-17,20-29,31-32,34-35,38-40,70H2,1-3H3,(H,71,80)(H,72,81)/b44-36+/t42?,45?,55-,56?,65+,68?/m0/s1. The zero-order valence-corrected chi connectivity index (χ0v) is 50.6. The molecule has 0 saturated heterocycles. The summed E-state index contributed by atoms with van der Waals surface area (Å²) in [6.07, 6.45) is 13.3. The highest BCUT2D eigenvalue weighted by Crippen LogP contribution is 2.49. The quantitative estimate of drug-likeness (QED) is 0.0348. The first-order valence-electron chi connectivity index (χ1n) is 31.4. The number of hydrogen-bond acceptors (Lipinski definition) is 15. The maximum absolute atomic E-state index is 15.8. The summed E-state index contributed by atoms with van der Waals surface area (Å²) in [6.45, 7) is 3.15. The number of nitrogens with one attached hydrogen (secondary N) is 2. The van der Waals surface area contributed by atoms with Crippen molar-refractivity contribution in [1.29, 1.82) is 0 Å². The number of cyclic esters (lactones) is 1. The summed E-state index contributed by atoms with van der Waals surface area (Å²) >= 11 is 0. The minimum Gasteiger partial charge on any atom is -0.458 e. The number of ketones is 6. The van der Waals surface area contributed by atoms with Crippen molar-refractivity contribution in [2.45, 2.75) is 192 Å². The molecule has 4 unspecified atom stereocenters. The zero-order chi connectivity index (χ0) is 62.4. The Balaban J connectivity index is 0.770. The van der Waals surface area contributed by atoms with E-state index in [4.69, 9.17) is 20.2 Å². The third kappa shape index (κ3) is 16.1. The van der Waals surface area contributed by atoms with Crippen molar-refractivity contribution >= 4 is 74.9 Å². The predicted octanol–water partition coefficient (Wildman–Crippen LogP) is 8.41. The van der Waals surface area contributed by atoms with E-state index in [2.05, 4.69) is 10.6 Å². The van der Waals surface area contributed by atoms with Crippen molar-refractivity contribution in [3.63, 3.8) is 0 Å². The van der Waals surface area contributed by atoms with Gasteiger partial charge in [-0.05, 0) is 155 Å². The number of carbonyl (C=O) groups excluding carboxylic acids is 10. The van der Waals surface area contributed by atoms with E-state index in [0.717, 1.165) is 34.9 Å². The third-order valence-corrected chi connectivity index (χ3v) is 18.2. The molecule has 466 valence electrons. The molecule has 19 heteroatoms. The van der Waals surface area contributed by atoms with Crippen LogP contribution in [0.25, 0.3) is 16.5 Å². The number of unbranched alkanes of at least 4 members (excludes halogenated alkanes) is 5. The Kier molecular flexibility index (Phi) is 23.1. The molecule has 18 nitrogen and oxygen atoms in total. The van der Waals surface area contributed by atoms with Crippen molar-refractivity contribution in [1.82, 2.24) is 20.5 Å². The first kappa shape index (κ1) is 65.7. The summed E-state index contributed by atoms with van der Waals surface area (Å²) in [5.74, 6) is -3.42. The van der Waals surface area contributed by atoms with Crippen LogP contribution in [0, 0.1) is 24.6 Å². The van der Waals surface area contributed by atoms with Crippen LogP contribution in [0.2, 0.25) is 0 Å². The number of carbonyl (C=O) groups is 10. The number of halogens is 1. The first-order chi connectivity index (χ1) is 41.8. The molecule has 3 amide bonds. The van der Waals surface area contributed by atoms with Gasteiger partial charge in [0.1, 0.15) is 18.2 Å². The average molecular weight is 1200 g/mol. The van der Waals surface area contributed by atoms with Crippen LogP contribution in [-0.2, 0) is 70.3 Å². The number of aromatic nitrogens is 1. The Labute approximate surface area is 508 Å². The fourth-order valence-electron chi connectivity index (χ4n) is 13.0. The lowest BCUT2D eigenvalue weighted by Gasteiger charge is -2.37. The molecule has 6 atom stereocenters. The van der Waals surface area contributed by atoms with Crippen molar-refractivity contribution in [3.8, 4) is 0 Å². The Morgan fingerprint density at radius 1 is 0.839 bits per heavy atom. The summed E-state index contributed by atoms with van der Waals surface area (Å²) in [7, 11) is 1.74. The van der Waals surface area contributed by atoms with E-state index >= 15 is 9.18 Å². The number of aryl methyl sites for hydroxylation is 1. The summed E-state index contributed by atoms with van der Waals surface area (Å²) in [5, 5.41) is 17.8. The largest absolute Gasteiger partial charge is 0.458 e. The molecule has 0 radical (unpaired) electrons. The number of benzene rings is 2. The van der Waals surface area contributed by atoms with Crippen molar-refractivity contribution in [3.05, 3.63) is 105 Å². The second-order valence-electron chi connectivity index (χ2n) is 24.1. The summed E-state index contributed by atoms with van der Waals surface area (Å²) < 4.78 is 27.7. The SMILES string of the molecule is CCC1(O)C(=O)OCC2=C1/C=C1\CCC(Cc3c1nc1cc(F)c(C)c4c1c3C(N(C)C(=O)[C@H](OCCCCC(=O)CCCCC(=O)[C@H](CN)NC(=O)CCCCC(=O)CNC(=O)CCCCCC1CCC(=O)C=CC1=O)c1ccccc1)CC4)C2=O. The fourth-order valence-corrected chi connectivity index (χ4v) is 13.0. The average Bonchev–Trinajstić information content (AvgIpc) is 1.72. The maximum Gasteiger partial charge on any atom is 0.343 e. The molecule has 1 aliphatic heterocycles. The number of Topliss-reactive ketones (excluding diaryl/α,β-unsaturated/α-hetero) is 4. The smallest absolute Gasteiger partial charge is 0.343 e. The second-order valence-corrected chi connectivity index (χ2v) is 24.1. The van der Waals surface area contributed by atoms with E-state index < -0.39 is 41.5 Å². The molecule has 0 fully saturated rings. The molecule has 2 heterocycles. The van der Waals surface area contributed by atoms with Gasteiger partial charge in [-0.25, -0.2) is 14.2 Å². The van der Waals surface area contributed by atoms with Gasteiger partial charge in [0.15, 0.2) is 40.6 Å². The highest BCUT2D eigenvalue weighted by atomic mass is 19.1. The third-order valence-electron chi connectivity index (χ3n) is 18.2. The van der Waals surface area contributed by atoms with Crippen LogP contribution in [0.1, 0.15) is 194 Å². The number of likely N-dealkylation sites (N-methyl/N-ethyl adjacent to an activating group) is 1. The number of hydrogen-bond donors (Lipinski definition) is 4. The van der Waals surface area contributed by atoms with Crippen molar-refractivity contribution < 1.29 is 66.9 Å². The van der Waals surface area contributed by atoms with E-state index in [1.807, 2.05) is 30.3 Å². The normalized spacial score (nSPS) is 21.1. The number of esters is 1. The van der Waals surface area contributed by atoms with Gasteiger partial charge >= 0.3 is 5.97 Å². The van der Waals surface area contributed by atoms with Crippen LogP contribution in [0.3, 0.4) is 0 Å². The minimum absolute atomic E-state index is 0.0113. The first-order valence-corrected chi connectivity index (χ1v) is 31.4. The Hall–Kier alpha value is -7.22. The molecule has 8 rings (SSSR count). The number of amides is 3. The number of aliphatic hydroxyl groups is 1.